The molecule has 0 radical (unpaired) electrons. The van der Waals surface area contributed by atoms with Crippen molar-refractivity contribution in [1.29, 1.82) is 0 Å². The van der Waals surface area contributed by atoms with Crippen molar-refractivity contribution in [2.45, 2.75) is 13.0 Å². The first-order valence-electron chi connectivity index (χ1n) is 6.40. The van der Waals surface area contributed by atoms with Gasteiger partial charge in [0.25, 0.3) is 5.95 Å². The van der Waals surface area contributed by atoms with E-state index >= 15 is 0 Å². The Morgan fingerprint density at radius 1 is 1.19 bits per heavy atom. The van der Waals surface area contributed by atoms with Crippen LogP contribution in [0.2, 0.25) is 0 Å². The maximum atomic E-state index is 5.72. The molecule has 8 nitrogen and oxygen atoms in total. The van der Waals surface area contributed by atoms with Crippen molar-refractivity contribution in [3.05, 3.63) is 48.5 Å². The summed E-state index contributed by atoms with van der Waals surface area (Å²) in [5.41, 5.74) is 6.75. The molecule has 0 aliphatic carbocycles. The molecule has 106 valence electrons. The Bertz CT molecular complexity index is 710. The van der Waals surface area contributed by atoms with Crippen molar-refractivity contribution in [2.75, 3.05) is 11.1 Å². The third-order valence-electron chi connectivity index (χ3n) is 2.88. The van der Waals surface area contributed by atoms with Crippen LogP contribution in [0.25, 0.3) is 5.95 Å². The Kier molecular flexibility index (Phi) is 3.42. The lowest BCUT2D eigenvalue weighted by Gasteiger charge is -2.14. The molecule has 0 fully saturated rings. The van der Waals surface area contributed by atoms with Crippen LogP contribution in [0.15, 0.2) is 43.0 Å². The van der Waals surface area contributed by atoms with E-state index in [1.54, 1.807) is 30.9 Å². The highest BCUT2D eigenvalue weighted by Crippen LogP contribution is 2.16. The third-order valence-corrected chi connectivity index (χ3v) is 2.88. The molecule has 0 bridgehead atoms. The molecule has 3 aromatic rings. The molecule has 0 aromatic carbocycles. The van der Waals surface area contributed by atoms with E-state index in [0.717, 1.165) is 5.56 Å². The van der Waals surface area contributed by atoms with E-state index in [0.29, 0.717) is 11.9 Å². The van der Waals surface area contributed by atoms with Gasteiger partial charge in [-0.3, -0.25) is 4.98 Å². The highest BCUT2D eigenvalue weighted by molar-refractivity contribution is 5.37. The number of anilines is 2. The van der Waals surface area contributed by atoms with Gasteiger partial charge in [0.15, 0.2) is 0 Å². The maximum absolute atomic E-state index is 5.72. The standard InChI is InChI=1S/C13H14N8/c1-9(10-4-2-5-15-8-10)17-12-18-11(14)19-13(20-12)21-7-3-6-16-21/h2-9H,1H3,(H3,14,17,18,19,20). The lowest BCUT2D eigenvalue weighted by Crippen LogP contribution is -2.14. The Labute approximate surface area is 121 Å². The van der Waals surface area contributed by atoms with E-state index in [1.807, 2.05) is 19.1 Å². The second-order valence-electron chi connectivity index (χ2n) is 4.42. The highest BCUT2D eigenvalue weighted by Gasteiger charge is 2.10. The minimum atomic E-state index is -0.00836. The molecule has 0 spiro atoms. The fourth-order valence-corrected chi connectivity index (χ4v) is 1.84. The number of nitrogens with zero attached hydrogens (tertiary/aromatic N) is 6. The van der Waals surface area contributed by atoms with Crippen LogP contribution in [0.4, 0.5) is 11.9 Å². The van der Waals surface area contributed by atoms with Gasteiger partial charge in [-0.15, -0.1) is 0 Å². The van der Waals surface area contributed by atoms with Gasteiger partial charge in [0.2, 0.25) is 11.9 Å². The smallest absolute Gasteiger partial charge is 0.257 e. The van der Waals surface area contributed by atoms with Crippen LogP contribution < -0.4 is 11.1 Å². The summed E-state index contributed by atoms with van der Waals surface area (Å²) in [5, 5.41) is 7.25. The second kappa shape index (κ2) is 5.53. The first-order valence-corrected chi connectivity index (χ1v) is 6.40. The molecule has 0 aliphatic heterocycles. The number of rotatable bonds is 4. The van der Waals surface area contributed by atoms with Crippen LogP contribution in [-0.2, 0) is 0 Å². The van der Waals surface area contributed by atoms with Crippen molar-refractivity contribution in [2.24, 2.45) is 0 Å². The van der Waals surface area contributed by atoms with Gasteiger partial charge >= 0.3 is 0 Å². The molecule has 3 heterocycles. The number of pyridine rings is 1. The molecule has 1 atom stereocenters. The van der Waals surface area contributed by atoms with Crippen molar-refractivity contribution in [1.82, 2.24) is 29.7 Å². The zero-order valence-corrected chi connectivity index (χ0v) is 11.4. The fraction of sp³-hybridized carbons (Fsp3) is 0.154. The lowest BCUT2D eigenvalue weighted by molar-refractivity contribution is 0.786. The molecule has 8 heteroatoms. The van der Waals surface area contributed by atoms with E-state index in [1.165, 1.54) is 4.68 Å². The van der Waals surface area contributed by atoms with Crippen molar-refractivity contribution >= 4 is 11.9 Å². The number of hydrogen-bond donors (Lipinski definition) is 2. The largest absolute Gasteiger partial charge is 0.368 e. The molecule has 21 heavy (non-hydrogen) atoms. The molecule has 3 N–H and O–H groups in total. The molecular weight excluding hydrogens is 268 g/mol. The fourth-order valence-electron chi connectivity index (χ4n) is 1.84. The van der Waals surface area contributed by atoms with E-state index in [9.17, 15) is 0 Å². The average Bonchev–Trinajstić information content (AvgIpc) is 3.02. The van der Waals surface area contributed by atoms with Gasteiger partial charge in [-0.2, -0.15) is 20.1 Å². The summed E-state index contributed by atoms with van der Waals surface area (Å²) >= 11 is 0. The van der Waals surface area contributed by atoms with Crippen LogP contribution in [0.1, 0.15) is 18.5 Å². The summed E-state index contributed by atoms with van der Waals surface area (Å²) in [6, 6.07) is 5.63. The molecule has 0 saturated heterocycles. The number of nitrogen functional groups attached to an aromatic ring is 1. The zero-order chi connectivity index (χ0) is 14.7. The average molecular weight is 282 g/mol. The Hall–Kier alpha value is -3.03. The van der Waals surface area contributed by atoms with Crippen LogP contribution in [-0.4, -0.2) is 29.7 Å². The van der Waals surface area contributed by atoms with Gasteiger partial charge in [0.05, 0.1) is 6.04 Å². The van der Waals surface area contributed by atoms with E-state index < -0.39 is 0 Å². The summed E-state index contributed by atoms with van der Waals surface area (Å²) in [6.45, 7) is 1.99. The normalized spacial score (nSPS) is 12.0. The quantitative estimate of drug-likeness (QED) is 0.740. The van der Waals surface area contributed by atoms with Crippen molar-refractivity contribution in [3.63, 3.8) is 0 Å². The van der Waals surface area contributed by atoms with Gasteiger partial charge in [0.1, 0.15) is 0 Å². The summed E-state index contributed by atoms with van der Waals surface area (Å²) < 4.78 is 1.53. The van der Waals surface area contributed by atoms with Crippen molar-refractivity contribution < 1.29 is 0 Å². The molecule has 0 amide bonds. The Morgan fingerprint density at radius 2 is 2.10 bits per heavy atom. The van der Waals surface area contributed by atoms with Crippen LogP contribution in [0, 0.1) is 0 Å². The molecular formula is C13H14N8. The highest BCUT2D eigenvalue weighted by atomic mass is 15.4. The van der Waals surface area contributed by atoms with Crippen LogP contribution in [0.3, 0.4) is 0 Å². The van der Waals surface area contributed by atoms with Gasteiger partial charge in [0, 0.05) is 24.8 Å². The molecule has 3 rings (SSSR count). The summed E-state index contributed by atoms with van der Waals surface area (Å²) in [7, 11) is 0. The first-order chi connectivity index (χ1) is 10.2. The molecule has 1 unspecified atom stereocenters. The minimum Gasteiger partial charge on any atom is -0.368 e. The Morgan fingerprint density at radius 3 is 2.81 bits per heavy atom. The summed E-state index contributed by atoms with van der Waals surface area (Å²) in [4.78, 5) is 16.6. The van der Waals surface area contributed by atoms with E-state index in [2.05, 4.69) is 30.4 Å². The first kappa shape index (κ1) is 13.0. The zero-order valence-electron chi connectivity index (χ0n) is 11.4. The van der Waals surface area contributed by atoms with Gasteiger partial charge in [-0.05, 0) is 24.6 Å². The van der Waals surface area contributed by atoms with Crippen LogP contribution in [0.5, 0.6) is 0 Å². The molecule has 3 aromatic heterocycles. The second-order valence-corrected chi connectivity index (χ2v) is 4.42. The predicted octanol–water partition coefficient (Wildman–Crippen LogP) is 1.21. The summed E-state index contributed by atoms with van der Waals surface area (Å²) in [5.74, 6) is 0.897. The van der Waals surface area contributed by atoms with Gasteiger partial charge in [-0.25, -0.2) is 4.68 Å². The topological polar surface area (TPSA) is 107 Å². The number of nitrogens with two attached hydrogens (primary N) is 1. The van der Waals surface area contributed by atoms with Crippen molar-refractivity contribution in [3.8, 4) is 5.95 Å². The van der Waals surface area contributed by atoms with E-state index in [-0.39, 0.29) is 12.0 Å². The SMILES string of the molecule is CC(Nc1nc(N)nc(-n2cccn2)n1)c1cccnc1. The monoisotopic (exact) mass is 282 g/mol. The molecule has 0 saturated carbocycles. The van der Waals surface area contributed by atoms with Gasteiger partial charge in [-0.1, -0.05) is 6.07 Å². The molecule has 0 aliphatic rings. The predicted molar refractivity (Wildman–Crippen MR) is 77.6 cm³/mol. The lowest BCUT2D eigenvalue weighted by atomic mass is 10.1. The Balaban J connectivity index is 1.86. The maximum Gasteiger partial charge on any atom is 0.257 e. The van der Waals surface area contributed by atoms with Gasteiger partial charge < -0.3 is 11.1 Å². The van der Waals surface area contributed by atoms with E-state index in [4.69, 9.17) is 5.73 Å². The number of hydrogen-bond acceptors (Lipinski definition) is 7. The third kappa shape index (κ3) is 2.94. The summed E-state index contributed by atoms with van der Waals surface area (Å²) in [6.07, 6.45) is 6.90. The minimum absolute atomic E-state index is 0.00836. The van der Waals surface area contributed by atoms with Crippen LogP contribution >= 0.6 is 0 Å². The number of aromatic nitrogens is 6. The number of nitrogens with one attached hydrogen (secondary N) is 1.